The van der Waals surface area contributed by atoms with E-state index in [1.165, 1.54) is 0 Å². The molecule has 1 rings (SSSR count). The predicted octanol–water partition coefficient (Wildman–Crippen LogP) is -0.152. The van der Waals surface area contributed by atoms with Crippen molar-refractivity contribution in [3.63, 3.8) is 0 Å². The smallest absolute Gasteiger partial charge is 0.0967 e. The number of allylic oxidation sites excluding steroid dienone is 2. The average molecular weight is 242 g/mol. The second-order valence-corrected chi connectivity index (χ2v) is 3.99. The van der Waals surface area contributed by atoms with E-state index < -0.39 is 0 Å². The summed E-state index contributed by atoms with van der Waals surface area (Å²) in [7, 11) is 1.90. The number of benzene rings is 1. The maximum atomic E-state index is 10.8. The van der Waals surface area contributed by atoms with Crippen LogP contribution in [0.15, 0.2) is 48.5 Å². The Labute approximate surface area is 108 Å². The normalized spacial score (nSPS) is 11.9. The third-order valence-electron chi connectivity index (χ3n) is 2.73. The lowest BCUT2D eigenvalue weighted by Gasteiger charge is -2.19. The van der Waals surface area contributed by atoms with Crippen LogP contribution in [0.1, 0.15) is 19.4 Å². The first-order valence-corrected chi connectivity index (χ1v) is 5.67. The quantitative estimate of drug-likeness (QED) is 0.453. The molecule has 0 radical (unpaired) electrons. The van der Waals surface area contributed by atoms with E-state index in [1.54, 1.807) is 6.92 Å². The summed E-state index contributed by atoms with van der Waals surface area (Å²) in [5.41, 5.74) is 5.32. The molecular formula is C15H18N2O-2. The Hall–Kier alpha value is -2.25. The van der Waals surface area contributed by atoms with Crippen molar-refractivity contribution >= 4 is 5.57 Å². The maximum absolute atomic E-state index is 10.8. The predicted molar refractivity (Wildman–Crippen MR) is 70.2 cm³/mol. The fraction of sp³-hybridized carbons (Fsp3) is 0.200. The largest absolute Gasteiger partial charge is 0.878 e. The van der Waals surface area contributed by atoms with Gasteiger partial charge in [-0.3, -0.25) is 0 Å². The number of para-hydroxylation sites is 1. The van der Waals surface area contributed by atoms with Gasteiger partial charge in [-0.2, -0.15) is 30.5 Å². The molecule has 0 unspecified atom stereocenters. The Morgan fingerprint density at radius 3 is 2.94 bits per heavy atom. The Balaban J connectivity index is 3.07. The highest BCUT2D eigenvalue weighted by atomic mass is 16.2. The SMILES string of the molecule is C=C=C(C)N(C)[CH-][NH+]=c1cc[cH-]cc1C(C)=C[O-]. The second-order valence-electron chi connectivity index (χ2n) is 3.99. The molecule has 0 fully saturated rings. The third-order valence-corrected chi connectivity index (χ3v) is 2.73. The summed E-state index contributed by atoms with van der Waals surface area (Å²) in [4.78, 5) is 5.05. The molecule has 96 valence electrons. The van der Waals surface area contributed by atoms with Gasteiger partial charge in [-0.25, -0.2) is 0 Å². The fourth-order valence-electron chi connectivity index (χ4n) is 1.40. The van der Waals surface area contributed by atoms with Gasteiger partial charge in [-0.05, 0) is 19.3 Å². The van der Waals surface area contributed by atoms with Crippen LogP contribution in [0.5, 0.6) is 0 Å². The zero-order chi connectivity index (χ0) is 13.5. The van der Waals surface area contributed by atoms with Gasteiger partial charge in [-0.1, -0.05) is 13.5 Å². The zero-order valence-corrected chi connectivity index (χ0v) is 11.0. The van der Waals surface area contributed by atoms with E-state index in [-0.39, 0.29) is 0 Å². The lowest BCUT2D eigenvalue weighted by Crippen LogP contribution is -2.76. The van der Waals surface area contributed by atoms with Crippen molar-refractivity contribution in [2.45, 2.75) is 13.8 Å². The van der Waals surface area contributed by atoms with Gasteiger partial charge in [0.1, 0.15) is 0 Å². The lowest BCUT2D eigenvalue weighted by atomic mass is 10.1. The van der Waals surface area contributed by atoms with Crippen LogP contribution in [0.25, 0.3) is 5.57 Å². The van der Waals surface area contributed by atoms with Crippen LogP contribution < -0.4 is 15.5 Å². The number of hydrogen-bond donors (Lipinski definition) is 1. The minimum absolute atomic E-state index is 0.699. The number of hydrogen-bond acceptors (Lipinski definition) is 2. The molecular weight excluding hydrogens is 224 g/mol. The van der Waals surface area contributed by atoms with Gasteiger partial charge in [-0.15, -0.1) is 16.9 Å². The first kappa shape index (κ1) is 13.8. The summed E-state index contributed by atoms with van der Waals surface area (Å²) in [6.45, 7) is 9.12. The van der Waals surface area contributed by atoms with Crippen LogP contribution in [0.3, 0.4) is 0 Å². The van der Waals surface area contributed by atoms with Gasteiger partial charge in [0, 0.05) is 5.70 Å². The minimum atomic E-state index is 0.699. The molecule has 1 aromatic carbocycles. The first-order chi connectivity index (χ1) is 8.60. The molecule has 0 spiro atoms. The lowest BCUT2D eigenvalue weighted by molar-refractivity contribution is -0.473. The molecule has 0 bridgehead atoms. The fourth-order valence-corrected chi connectivity index (χ4v) is 1.40. The highest BCUT2D eigenvalue weighted by Crippen LogP contribution is 2.04. The third kappa shape index (κ3) is 3.37. The average Bonchev–Trinajstić information content (AvgIpc) is 2.43. The summed E-state index contributed by atoms with van der Waals surface area (Å²) in [5.74, 6) is 0. The molecule has 0 atom stereocenters. The molecule has 18 heavy (non-hydrogen) atoms. The van der Waals surface area contributed by atoms with Crippen molar-refractivity contribution in [1.29, 1.82) is 0 Å². The van der Waals surface area contributed by atoms with Crippen molar-refractivity contribution < 1.29 is 10.1 Å². The van der Waals surface area contributed by atoms with Crippen LogP contribution >= 0.6 is 0 Å². The van der Waals surface area contributed by atoms with Crippen LogP contribution in [0, 0.1) is 6.67 Å². The van der Waals surface area contributed by atoms with E-state index in [1.807, 2.05) is 49.8 Å². The molecule has 1 aromatic rings. The van der Waals surface area contributed by atoms with E-state index in [0.29, 0.717) is 5.57 Å². The van der Waals surface area contributed by atoms with Crippen LogP contribution in [0.2, 0.25) is 0 Å². The summed E-state index contributed by atoms with van der Waals surface area (Å²) < 4.78 is 0. The van der Waals surface area contributed by atoms with E-state index in [0.717, 1.165) is 22.9 Å². The number of nitrogens with zero attached hydrogens (tertiary/aromatic N) is 1. The molecule has 0 amide bonds. The summed E-state index contributed by atoms with van der Waals surface area (Å²) in [5, 5.41) is 11.7. The van der Waals surface area contributed by atoms with Gasteiger partial charge in [0.15, 0.2) is 0 Å². The molecule has 0 saturated carbocycles. The number of rotatable bonds is 4. The standard InChI is InChI=1S/C15H19N2O/c1-5-13(3)17(4)11-16-15-9-7-6-8-14(15)12(2)10-18/h6-11,16,18H,1H2,2-4H3/q-1/p-1. The first-order valence-electron chi connectivity index (χ1n) is 5.67. The van der Waals surface area contributed by atoms with Crippen LogP contribution in [-0.2, 0) is 0 Å². The van der Waals surface area contributed by atoms with Crippen LogP contribution in [0.4, 0.5) is 0 Å². The molecule has 3 heteroatoms. The zero-order valence-electron chi connectivity index (χ0n) is 11.0. The molecule has 0 saturated heterocycles. The van der Waals surface area contributed by atoms with Crippen molar-refractivity contribution in [1.82, 2.24) is 4.90 Å². The van der Waals surface area contributed by atoms with Gasteiger partial charge in [0.05, 0.1) is 6.67 Å². The Kier molecular flexibility index (Phi) is 4.97. The van der Waals surface area contributed by atoms with E-state index in [4.69, 9.17) is 0 Å². The maximum Gasteiger partial charge on any atom is 0.0967 e. The summed E-state index contributed by atoms with van der Waals surface area (Å²) >= 11 is 0. The highest BCUT2D eigenvalue weighted by molar-refractivity contribution is 5.61. The van der Waals surface area contributed by atoms with Crippen molar-refractivity contribution in [3.8, 4) is 0 Å². The van der Waals surface area contributed by atoms with E-state index >= 15 is 0 Å². The summed E-state index contributed by atoms with van der Waals surface area (Å²) in [6, 6.07) is 7.68. The molecule has 0 aliphatic rings. The van der Waals surface area contributed by atoms with Gasteiger partial charge in [0.25, 0.3) is 0 Å². The Bertz CT molecular complexity index is 546. The topological polar surface area (TPSA) is 40.3 Å². The molecule has 3 nitrogen and oxygen atoms in total. The van der Waals surface area contributed by atoms with E-state index in [9.17, 15) is 5.11 Å². The Morgan fingerprint density at radius 1 is 1.61 bits per heavy atom. The van der Waals surface area contributed by atoms with Gasteiger partial charge in [0.2, 0.25) is 0 Å². The van der Waals surface area contributed by atoms with Crippen molar-refractivity contribution in [2.75, 3.05) is 7.05 Å². The second kappa shape index (κ2) is 6.48. The molecule has 1 N–H and O–H groups in total. The number of nitrogens with one attached hydrogen (secondary N) is 1. The van der Waals surface area contributed by atoms with Crippen LogP contribution in [-0.4, -0.2) is 11.9 Å². The van der Waals surface area contributed by atoms with Gasteiger partial charge >= 0.3 is 0 Å². The minimum Gasteiger partial charge on any atom is -0.878 e. The molecule has 0 heterocycles. The monoisotopic (exact) mass is 242 g/mol. The molecule has 0 aromatic heterocycles. The molecule has 0 aliphatic carbocycles. The van der Waals surface area contributed by atoms with Crippen molar-refractivity contribution in [2.24, 2.45) is 0 Å². The van der Waals surface area contributed by atoms with Gasteiger partial charge < -0.3 is 15.0 Å². The van der Waals surface area contributed by atoms with Crippen molar-refractivity contribution in [3.05, 3.63) is 66.1 Å². The molecule has 0 aliphatic heterocycles. The Morgan fingerprint density at radius 2 is 2.33 bits per heavy atom. The highest BCUT2D eigenvalue weighted by Gasteiger charge is 1.93. The summed E-state index contributed by atoms with van der Waals surface area (Å²) in [6.07, 6.45) is 0.860. The van der Waals surface area contributed by atoms with E-state index in [2.05, 4.69) is 17.3 Å².